The quantitative estimate of drug-likeness (QED) is 0.854. The van der Waals surface area contributed by atoms with Crippen molar-refractivity contribution in [1.29, 1.82) is 5.26 Å². The minimum absolute atomic E-state index is 0.0753. The van der Waals surface area contributed by atoms with Crippen molar-refractivity contribution in [2.24, 2.45) is 0 Å². The molecule has 0 bridgehead atoms. The van der Waals surface area contributed by atoms with Gasteiger partial charge in [-0.1, -0.05) is 24.3 Å². The zero-order chi connectivity index (χ0) is 14.8. The zero-order valence-corrected chi connectivity index (χ0v) is 12.4. The predicted molar refractivity (Wildman–Crippen MR) is 84.4 cm³/mol. The number of carbonyl (C=O) groups is 1. The Balaban J connectivity index is 1.79. The Morgan fingerprint density at radius 2 is 2.10 bits per heavy atom. The average molecular weight is 294 g/mol. The van der Waals surface area contributed by atoms with Crippen LogP contribution in [0.2, 0.25) is 0 Å². The molecule has 3 rings (SSSR count). The molecule has 1 aliphatic heterocycles. The maximum absolute atomic E-state index is 12.6. The smallest absolute Gasteiger partial charge is 0.240 e. The van der Waals surface area contributed by atoms with Crippen LogP contribution in [0.1, 0.15) is 11.1 Å². The number of hydrogen-bond acceptors (Lipinski definition) is 3. The molecule has 1 atom stereocenters. The SMILES string of the molecule is CN(C(=O)C1Cc2ccccc2S1)c1cccc(C#N)c1. The van der Waals surface area contributed by atoms with E-state index >= 15 is 0 Å². The molecule has 1 amide bonds. The van der Waals surface area contributed by atoms with Gasteiger partial charge in [-0.25, -0.2) is 0 Å². The molecule has 0 spiro atoms. The van der Waals surface area contributed by atoms with E-state index in [0.29, 0.717) is 5.56 Å². The summed E-state index contributed by atoms with van der Waals surface area (Å²) >= 11 is 1.62. The van der Waals surface area contributed by atoms with E-state index in [1.54, 1.807) is 41.9 Å². The van der Waals surface area contributed by atoms with Crippen molar-refractivity contribution in [2.45, 2.75) is 16.6 Å². The normalized spacial score (nSPS) is 16.1. The Morgan fingerprint density at radius 1 is 1.29 bits per heavy atom. The highest BCUT2D eigenvalue weighted by Gasteiger charge is 2.30. The zero-order valence-electron chi connectivity index (χ0n) is 11.6. The minimum Gasteiger partial charge on any atom is -0.314 e. The molecule has 4 heteroatoms. The third kappa shape index (κ3) is 2.65. The van der Waals surface area contributed by atoms with E-state index in [4.69, 9.17) is 5.26 Å². The molecule has 2 aromatic rings. The maximum atomic E-state index is 12.6. The average Bonchev–Trinajstić information content (AvgIpc) is 2.97. The third-order valence-corrected chi connectivity index (χ3v) is 4.92. The number of rotatable bonds is 2. The summed E-state index contributed by atoms with van der Waals surface area (Å²) < 4.78 is 0. The summed E-state index contributed by atoms with van der Waals surface area (Å²) in [7, 11) is 1.77. The molecule has 3 nitrogen and oxygen atoms in total. The Bertz CT molecular complexity index is 711. The van der Waals surface area contributed by atoms with Crippen LogP contribution < -0.4 is 4.90 Å². The first kappa shape index (κ1) is 13.7. The monoisotopic (exact) mass is 294 g/mol. The molecule has 1 aliphatic rings. The molecule has 0 saturated heterocycles. The molecule has 21 heavy (non-hydrogen) atoms. The van der Waals surface area contributed by atoms with Crippen molar-refractivity contribution in [2.75, 3.05) is 11.9 Å². The Hall–Kier alpha value is -2.25. The first-order valence-corrected chi connectivity index (χ1v) is 7.59. The van der Waals surface area contributed by atoms with Crippen LogP contribution in [-0.4, -0.2) is 18.2 Å². The van der Waals surface area contributed by atoms with Crippen LogP contribution in [0, 0.1) is 11.3 Å². The largest absolute Gasteiger partial charge is 0.314 e. The highest BCUT2D eigenvalue weighted by molar-refractivity contribution is 8.01. The second-order valence-corrected chi connectivity index (χ2v) is 6.22. The number of carbonyl (C=O) groups excluding carboxylic acids is 1. The van der Waals surface area contributed by atoms with Crippen LogP contribution in [0.15, 0.2) is 53.4 Å². The summed E-state index contributed by atoms with van der Waals surface area (Å²) in [5, 5.41) is 8.87. The van der Waals surface area contributed by atoms with E-state index in [-0.39, 0.29) is 11.2 Å². The number of fused-ring (bicyclic) bond motifs is 1. The van der Waals surface area contributed by atoms with E-state index in [2.05, 4.69) is 18.2 Å². The molecule has 104 valence electrons. The van der Waals surface area contributed by atoms with Gasteiger partial charge in [-0.3, -0.25) is 4.79 Å². The van der Waals surface area contributed by atoms with Crippen LogP contribution in [0.5, 0.6) is 0 Å². The van der Waals surface area contributed by atoms with Gasteiger partial charge in [0.2, 0.25) is 5.91 Å². The van der Waals surface area contributed by atoms with Crippen molar-refractivity contribution < 1.29 is 4.79 Å². The molecule has 0 saturated carbocycles. The van der Waals surface area contributed by atoms with Gasteiger partial charge < -0.3 is 4.90 Å². The first-order chi connectivity index (χ1) is 10.2. The van der Waals surface area contributed by atoms with Crippen LogP contribution in [-0.2, 0) is 11.2 Å². The van der Waals surface area contributed by atoms with Gasteiger partial charge in [0.05, 0.1) is 16.9 Å². The number of thioether (sulfide) groups is 1. The molecule has 0 aromatic heterocycles. The van der Waals surface area contributed by atoms with Crippen molar-refractivity contribution in [3.63, 3.8) is 0 Å². The lowest BCUT2D eigenvalue weighted by atomic mass is 10.1. The lowest BCUT2D eigenvalue weighted by Crippen LogP contribution is -2.34. The van der Waals surface area contributed by atoms with Crippen molar-refractivity contribution >= 4 is 23.4 Å². The standard InChI is InChI=1S/C17H14N2OS/c1-19(14-7-4-5-12(9-14)11-18)17(20)16-10-13-6-2-3-8-15(13)21-16/h2-9,16H,10H2,1H3. The van der Waals surface area contributed by atoms with Crippen LogP contribution in [0.3, 0.4) is 0 Å². The molecule has 0 aliphatic carbocycles. The summed E-state index contributed by atoms with van der Waals surface area (Å²) in [5.74, 6) is 0.0753. The van der Waals surface area contributed by atoms with Gasteiger partial charge in [-0.15, -0.1) is 11.8 Å². The lowest BCUT2D eigenvalue weighted by Gasteiger charge is -2.20. The summed E-state index contributed by atoms with van der Waals surface area (Å²) in [5.41, 5.74) is 2.56. The van der Waals surface area contributed by atoms with Gasteiger partial charge in [0.25, 0.3) is 0 Å². The molecular weight excluding hydrogens is 280 g/mol. The van der Waals surface area contributed by atoms with Gasteiger partial charge in [0.15, 0.2) is 0 Å². The Kier molecular flexibility index (Phi) is 3.68. The molecule has 2 aromatic carbocycles. The lowest BCUT2D eigenvalue weighted by molar-refractivity contribution is -0.117. The number of hydrogen-bond donors (Lipinski definition) is 0. The Labute approximate surface area is 128 Å². The number of nitrogens with zero attached hydrogens (tertiary/aromatic N) is 2. The van der Waals surface area contributed by atoms with Crippen molar-refractivity contribution in [3.05, 3.63) is 59.7 Å². The second kappa shape index (κ2) is 5.63. The van der Waals surface area contributed by atoms with Crippen molar-refractivity contribution in [3.8, 4) is 6.07 Å². The number of amides is 1. The molecule has 0 radical (unpaired) electrons. The predicted octanol–water partition coefficient (Wildman–Crippen LogP) is 3.24. The van der Waals surface area contributed by atoms with E-state index in [1.165, 1.54) is 10.5 Å². The van der Waals surface area contributed by atoms with Crippen LogP contribution >= 0.6 is 11.8 Å². The fourth-order valence-electron chi connectivity index (χ4n) is 2.45. The van der Waals surface area contributed by atoms with Gasteiger partial charge in [0.1, 0.15) is 0 Å². The van der Waals surface area contributed by atoms with Gasteiger partial charge in [-0.2, -0.15) is 5.26 Å². The molecular formula is C17H14N2OS. The van der Waals surface area contributed by atoms with Gasteiger partial charge >= 0.3 is 0 Å². The van der Waals surface area contributed by atoms with Crippen molar-refractivity contribution in [1.82, 2.24) is 0 Å². The Morgan fingerprint density at radius 3 is 2.86 bits per heavy atom. The fourth-order valence-corrected chi connectivity index (χ4v) is 3.74. The van der Waals surface area contributed by atoms with Crippen LogP contribution in [0.4, 0.5) is 5.69 Å². The molecule has 0 N–H and O–H groups in total. The summed E-state index contributed by atoms with van der Waals surface area (Å²) in [6, 6.07) is 17.4. The van der Waals surface area contributed by atoms with E-state index < -0.39 is 0 Å². The third-order valence-electron chi connectivity index (χ3n) is 3.62. The number of nitriles is 1. The minimum atomic E-state index is -0.0851. The molecule has 1 unspecified atom stereocenters. The summed E-state index contributed by atoms with van der Waals surface area (Å²) in [4.78, 5) is 15.5. The first-order valence-electron chi connectivity index (χ1n) is 6.71. The number of anilines is 1. The van der Waals surface area contributed by atoms with Gasteiger partial charge in [-0.05, 0) is 36.2 Å². The van der Waals surface area contributed by atoms with E-state index in [9.17, 15) is 4.79 Å². The van der Waals surface area contributed by atoms with E-state index in [0.717, 1.165) is 12.1 Å². The van der Waals surface area contributed by atoms with E-state index in [1.807, 2.05) is 18.2 Å². The summed E-state index contributed by atoms with van der Waals surface area (Å²) in [6.07, 6.45) is 0.766. The topological polar surface area (TPSA) is 44.1 Å². The fraction of sp³-hybridized carbons (Fsp3) is 0.176. The second-order valence-electron chi connectivity index (χ2n) is 4.98. The maximum Gasteiger partial charge on any atom is 0.240 e. The van der Waals surface area contributed by atoms with Gasteiger partial charge in [0, 0.05) is 17.6 Å². The summed E-state index contributed by atoms with van der Waals surface area (Å²) in [6.45, 7) is 0. The molecule has 1 heterocycles. The highest BCUT2D eigenvalue weighted by Crippen LogP contribution is 2.37. The number of benzene rings is 2. The molecule has 0 fully saturated rings. The highest BCUT2D eigenvalue weighted by atomic mass is 32.2. The van der Waals surface area contributed by atoms with Crippen LogP contribution in [0.25, 0.3) is 0 Å².